The first-order chi connectivity index (χ1) is 20.2. The Morgan fingerprint density at radius 2 is 1.59 bits per heavy atom. The maximum absolute atomic E-state index is 15.0. The van der Waals surface area contributed by atoms with Crippen molar-refractivity contribution in [2.24, 2.45) is 22.2 Å². The lowest BCUT2D eigenvalue weighted by Gasteiger charge is -2.72. The van der Waals surface area contributed by atoms with Gasteiger partial charge in [-0.25, -0.2) is 4.79 Å². The van der Waals surface area contributed by atoms with Crippen LogP contribution in [-0.2, 0) is 23.8 Å². The molecule has 1 aromatic rings. The molecule has 242 valence electrons. The maximum Gasteiger partial charge on any atom is 0.338 e. The fraction of sp³-hybridized carbons (Fsp3) is 0.686. The van der Waals surface area contributed by atoms with Gasteiger partial charge in [0.15, 0.2) is 5.78 Å². The number of ketones is 1. The van der Waals surface area contributed by atoms with Crippen LogP contribution in [0.4, 0.5) is 0 Å². The summed E-state index contributed by atoms with van der Waals surface area (Å²) in [5.74, 6) is -3.01. The summed E-state index contributed by atoms with van der Waals surface area (Å²) < 4.78 is 19.4. The summed E-state index contributed by atoms with van der Waals surface area (Å²) in [7, 11) is 0. The van der Waals surface area contributed by atoms with Gasteiger partial charge in [0.25, 0.3) is 0 Å². The topological polar surface area (TPSA) is 140 Å². The van der Waals surface area contributed by atoms with E-state index in [1.54, 1.807) is 58.0 Å². The van der Waals surface area contributed by atoms with E-state index in [0.717, 1.165) is 0 Å². The summed E-state index contributed by atoms with van der Waals surface area (Å²) in [4.78, 5) is 41.8. The fourth-order valence-corrected chi connectivity index (χ4v) is 9.13. The molecule has 0 aromatic heterocycles. The second-order valence-electron chi connectivity index (χ2n) is 15.6. The number of benzene rings is 1. The van der Waals surface area contributed by atoms with Gasteiger partial charge in [0.1, 0.15) is 23.4 Å². The van der Waals surface area contributed by atoms with Gasteiger partial charge in [-0.2, -0.15) is 0 Å². The van der Waals surface area contributed by atoms with E-state index in [1.807, 2.05) is 27.7 Å². The number of Topliss-reactive ketones (excluding diaryl/α,β-unsaturated/α-hetero) is 1. The molecule has 3 N–H and O–H groups in total. The molecule has 0 unspecified atom stereocenters. The van der Waals surface area contributed by atoms with Crippen LogP contribution in [0.2, 0.25) is 0 Å². The van der Waals surface area contributed by atoms with Gasteiger partial charge in [-0.15, -0.1) is 0 Å². The van der Waals surface area contributed by atoms with Gasteiger partial charge in [-0.05, 0) is 77.2 Å². The predicted octanol–water partition coefficient (Wildman–Crippen LogP) is 4.31. The van der Waals surface area contributed by atoms with Crippen molar-refractivity contribution in [3.63, 3.8) is 0 Å². The average Bonchev–Trinajstić information content (AvgIpc) is 2.91. The van der Waals surface area contributed by atoms with Crippen LogP contribution in [0.3, 0.4) is 0 Å². The number of hydrogen-bond donors (Lipinski definition) is 3. The van der Waals surface area contributed by atoms with Gasteiger partial charge in [-0.3, -0.25) is 9.59 Å². The first kappa shape index (κ1) is 32.8. The quantitative estimate of drug-likeness (QED) is 0.335. The highest BCUT2D eigenvalue weighted by atomic mass is 16.6. The lowest BCUT2D eigenvalue weighted by Crippen LogP contribution is -2.81. The molecular weight excluding hydrogens is 564 g/mol. The lowest BCUT2D eigenvalue weighted by molar-refractivity contribution is -0.330. The van der Waals surface area contributed by atoms with Crippen molar-refractivity contribution in [1.82, 2.24) is 0 Å². The van der Waals surface area contributed by atoms with Gasteiger partial charge in [0, 0.05) is 24.2 Å². The smallest absolute Gasteiger partial charge is 0.338 e. The molecule has 3 fully saturated rings. The molecule has 0 aliphatic heterocycles. The van der Waals surface area contributed by atoms with E-state index >= 15 is 0 Å². The second kappa shape index (κ2) is 10.2. The van der Waals surface area contributed by atoms with Gasteiger partial charge >= 0.3 is 11.9 Å². The van der Waals surface area contributed by atoms with Crippen molar-refractivity contribution in [3.8, 4) is 0 Å². The zero-order valence-corrected chi connectivity index (χ0v) is 27.4. The fourth-order valence-electron chi connectivity index (χ4n) is 9.13. The van der Waals surface area contributed by atoms with Crippen LogP contribution in [0.5, 0.6) is 0 Å². The lowest BCUT2D eigenvalue weighted by atomic mass is 9.37. The minimum absolute atomic E-state index is 0.196. The molecular formula is C35H48O9. The van der Waals surface area contributed by atoms with Crippen molar-refractivity contribution in [3.05, 3.63) is 47.0 Å². The number of ether oxygens (including phenoxy) is 3. The molecule has 4 aliphatic carbocycles. The Kier molecular flexibility index (Phi) is 7.61. The molecule has 44 heavy (non-hydrogen) atoms. The number of hydrogen-bond acceptors (Lipinski definition) is 9. The molecule has 0 heterocycles. The zero-order chi connectivity index (χ0) is 32.8. The SMILES string of the molecule is CC(=O)O[C@@]12CC[C@]1(C)C[C@H](OC(C)(C)C)[C@@]1(C)C(=O)[C@H](O)C3=C(C)[C@H](O)C[C@@](O)([C@@H](OC(=O)c4ccccc4)[C@@H]12)C3(C)C. The van der Waals surface area contributed by atoms with Crippen LogP contribution in [0.1, 0.15) is 98.4 Å². The summed E-state index contributed by atoms with van der Waals surface area (Å²) >= 11 is 0. The number of fused-ring (bicyclic) bond motifs is 5. The van der Waals surface area contributed by atoms with Gasteiger partial charge < -0.3 is 29.5 Å². The normalized spacial score (nSPS) is 41.4. The van der Waals surface area contributed by atoms with Crippen molar-refractivity contribution >= 4 is 17.7 Å². The summed E-state index contributed by atoms with van der Waals surface area (Å²) in [5.41, 5.74) is -6.86. The average molecular weight is 613 g/mol. The third-order valence-corrected chi connectivity index (χ3v) is 11.6. The highest BCUT2D eigenvalue weighted by Crippen LogP contribution is 2.71. The van der Waals surface area contributed by atoms with E-state index < -0.39 is 81.1 Å². The first-order valence-electron chi connectivity index (χ1n) is 15.6. The number of carbonyl (C=O) groups excluding carboxylic acids is 3. The van der Waals surface area contributed by atoms with E-state index in [1.165, 1.54) is 6.92 Å². The van der Waals surface area contributed by atoms with E-state index in [0.29, 0.717) is 24.8 Å². The van der Waals surface area contributed by atoms with Crippen molar-refractivity contribution in [1.29, 1.82) is 0 Å². The molecule has 0 spiro atoms. The Morgan fingerprint density at radius 3 is 2.11 bits per heavy atom. The first-order valence-corrected chi connectivity index (χ1v) is 15.6. The Balaban J connectivity index is 1.87. The summed E-state index contributed by atoms with van der Waals surface area (Å²) in [5, 5.41) is 36.4. The molecule has 1 aromatic carbocycles. The third-order valence-electron chi connectivity index (χ3n) is 11.6. The summed E-state index contributed by atoms with van der Waals surface area (Å²) in [6.07, 6.45) is -4.06. The van der Waals surface area contributed by atoms with Crippen molar-refractivity contribution in [2.45, 2.75) is 129 Å². The summed E-state index contributed by atoms with van der Waals surface area (Å²) in [6.45, 7) is 15.7. The molecule has 4 aliphatic rings. The highest BCUT2D eigenvalue weighted by Gasteiger charge is 2.80. The standard InChI is InChI=1S/C35H48O9/c1-19-22(37)17-34(41)28(42-29(40)21-13-11-10-12-14-21)26-33(9,27(39)25(38)24(19)31(34,6)7)23(44-30(3,4)5)18-32(8)15-16-35(26,32)43-20(2)36/h10-14,22-23,25-26,28,37-38,41H,15-18H2,1-9H3/t22-,23+,25-,26+,28+,32-,33-,34-,35-/m1/s1. The molecule has 0 amide bonds. The second-order valence-corrected chi connectivity index (χ2v) is 15.6. The molecule has 2 bridgehead atoms. The van der Waals surface area contributed by atoms with Crippen molar-refractivity contribution in [2.75, 3.05) is 0 Å². The van der Waals surface area contributed by atoms with Gasteiger partial charge in [0.2, 0.25) is 0 Å². The minimum atomic E-state index is -1.99. The number of aliphatic hydroxyl groups excluding tert-OH is 2. The van der Waals surface area contributed by atoms with E-state index in [4.69, 9.17) is 14.2 Å². The Bertz CT molecular complexity index is 1390. The molecule has 5 rings (SSSR count). The molecule has 9 nitrogen and oxygen atoms in total. The number of carbonyl (C=O) groups is 3. The van der Waals surface area contributed by atoms with Gasteiger partial charge in [-0.1, -0.05) is 39.0 Å². The monoisotopic (exact) mass is 612 g/mol. The van der Waals surface area contributed by atoms with E-state index in [2.05, 4.69) is 0 Å². The van der Waals surface area contributed by atoms with Crippen LogP contribution in [0, 0.1) is 22.2 Å². The van der Waals surface area contributed by atoms with Crippen LogP contribution in [0.25, 0.3) is 0 Å². The molecule has 9 atom stereocenters. The third kappa shape index (κ3) is 4.44. The maximum atomic E-state index is 15.0. The van der Waals surface area contributed by atoms with Crippen LogP contribution >= 0.6 is 0 Å². The van der Waals surface area contributed by atoms with Gasteiger partial charge in [0.05, 0.1) is 34.7 Å². The Labute approximate surface area is 260 Å². The molecule has 0 saturated heterocycles. The number of rotatable bonds is 4. The largest absolute Gasteiger partial charge is 0.458 e. The van der Waals surface area contributed by atoms with E-state index in [9.17, 15) is 29.7 Å². The zero-order valence-electron chi connectivity index (χ0n) is 27.4. The van der Waals surface area contributed by atoms with Crippen LogP contribution in [-0.4, -0.2) is 74.3 Å². The number of esters is 2. The molecule has 9 heteroatoms. The Hall–Kier alpha value is -2.59. The molecule has 3 saturated carbocycles. The highest BCUT2D eigenvalue weighted by molar-refractivity contribution is 5.94. The van der Waals surface area contributed by atoms with E-state index in [-0.39, 0.29) is 17.6 Å². The molecule has 0 radical (unpaired) electrons. The Morgan fingerprint density at radius 1 is 0.977 bits per heavy atom. The van der Waals surface area contributed by atoms with Crippen LogP contribution in [0.15, 0.2) is 41.5 Å². The predicted molar refractivity (Wildman–Crippen MR) is 161 cm³/mol. The number of aliphatic hydroxyl groups is 3. The summed E-state index contributed by atoms with van der Waals surface area (Å²) in [6, 6.07) is 8.36. The van der Waals surface area contributed by atoms with Crippen LogP contribution < -0.4 is 0 Å². The van der Waals surface area contributed by atoms with Crippen molar-refractivity contribution < 1.29 is 43.9 Å². The minimum Gasteiger partial charge on any atom is -0.458 e.